The van der Waals surface area contributed by atoms with E-state index in [-0.39, 0.29) is 29.2 Å². The summed E-state index contributed by atoms with van der Waals surface area (Å²) in [5, 5.41) is 6.21. The van der Waals surface area contributed by atoms with Crippen LogP contribution in [0.1, 0.15) is 24.0 Å². The fourth-order valence-electron chi connectivity index (χ4n) is 6.41. The topological polar surface area (TPSA) is 81.8 Å². The molecule has 9 heteroatoms. The Balaban J connectivity index is 1.52. The summed E-state index contributed by atoms with van der Waals surface area (Å²) < 4.78 is 29.9. The van der Waals surface area contributed by atoms with E-state index in [1.807, 2.05) is 12.1 Å². The molecule has 0 radical (unpaired) electrons. The molecule has 3 aromatic carbocycles. The van der Waals surface area contributed by atoms with Crippen molar-refractivity contribution < 1.29 is 23.2 Å². The summed E-state index contributed by atoms with van der Waals surface area (Å²) in [5.41, 5.74) is 2.79. The van der Waals surface area contributed by atoms with Gasteiger partial charge in [-0.1, -0.05) is 73.3 Å². The molecule has 1 saturated heterocycles. The Morgan fingerprint density at radius 2 is 1.57 bits per heavy atom. The van der Waals surface area contributed by atoms with Crippen LogP contribution in [0.3, 0.4) is 0 Å². The zero-order valence-corrected chi connectivity index (χ0v) is 25.5. The third kappa shape index (κ3) is 6.41. The van der Waals surface area contributed by atoms with Gasteiger partial charge in [-0.05, 0) is 59.5 Å². The van der Waals surface area contributed by atoms with E-state index >= 15 is 0 Å². The first-order valence-corrected chi connectivity index (χ1v) is 15.6. The van der Waals surface area contributed by atoms with Crippen molar-refractivity contribution in [3.8, 4) is 0 Å². The van der Waals surface area contributed by atoms with Crippen LogP contribution in [0.25, 0.3) is 5.57 Å². The predicted molar refractivity (Wildman–Crippen MR) is 175 cm³/mol. The lowest BCUT2D eigenvalue weighted by atomic mass is 9.75. The first-order valence-electron chi connectivity index (χ1n) is 15.6. The molecular formula is C37H36F2N4O3. The molecule has 3 aromatic rings. The summed E-state index contributed by atoms with van der Waals surface area (Å²) in [4.78, 5) is 46.3. The van der Waals surface area contributed by atoms with Gasteiger partial charge in [-0.3, -0.25) is 14.4 Å². The van der Waals surface area contributed by atoms with Crippen molar-refractivity contribution in [2.75, 3.05) is 42.9 Å². The molecule has 0 aromatic heterocycles. The third-order valence-corrected chi connectivity index (χ3v) is 8.73. The van der Waals surface area contributed by atoms with Gasteiger partial charge < -0.3 is 20.4 Å². The SMILES string of the molecule is C=C1C(C(=O)N2CCCNCC2)=CC(C(=O)Nc2ccccc2)=C(c2ccccc2)C1C(=O)N1CCC(F)(F)Cc2ccccc21. The number of amides is 3. The molecule has 1 fully saturated rings. The minimum atomic E-state index is -3.00. The van der Waals surface area contributed by atoms with Gasteiger partial charge in [0.15, 0.2) is 0 Å². The number of nitrogens with one attached hydrogen (secondary N) is 2. The van der Waals surface area contributed by atoms with Crippen LogP contribution >= 0.6 is 0 Å². The van der Waals surface area contributed by atoms with Crippen LogP contribution in [-0.2, 0) is 20.8 Å². The smallest absolute Gasteiger partial charge is 0.256 e. The van der Waals surface area contributed by atoms with Gasteiger partial charge in [-0.2, -0.15) is 0 Å². The molecule has 2 aliphatic heterocycles. The minimum Gasteiger partial charge on any atom is -0.337 e. The van der Waals surface area contributed by atoms with Crippen molar-refractivity contribution in [1.29, 1.82) is 0 Å². The highest BCUT2D eigenvalue weighted by Crippen LogP contribution is 2.44. The first kappa shape index (κ1) is 31.1. The molecule has 1 atom stereocenters. The number of hydrogen-bond donors (Lipinski definition) is 2. The van der Waals surface area contributed by atoms with Crippen LogP contribution in [0.4, 0.5) is 20.2 Å². The van der Waals surface area contributed by atoms with Gasteiger partial charge >= 0.3 is 0 Å². The van der Waals surface area contributed by atoms with Gasteiger partial charge in [0.25, 0.3) is 17.7 Å². The summed E-state index contributed by atoms with van der Waals surface area (Å²) in [6.45, 7) is 6.41. The highest BCUT2D eigenvalue weighted by atomic mass is 19.3. The van der Waals surface area contributed by atoms with Gasteiger partial charge in [0.05, 0.1) is 5.92 Å². The molecule has 2 N–H and O–H groups in total. The molecular weight excluding hydrogens is 586 g/mol. The Morgan fingerprint density at radius 3 is 2.33 bits per heavy atom. The van der Waals surface area contributed by atoms with Crippen LogP contribution in [0.2, 0.25) is 0 Å². The van der Waals surface area contributed by atoms with Crippen LogP contribution in [0.5, 0.6) is 0 Å². The standard InChI is InChI=1S/C37H36F2N4O3/c1-25-29(35(45)42-20-10-18-40-19-22-42)23-30(34(44)41-28-14-6-3-7-15-28)33(26-11-4-2-5-12-26)32(25)36(46)43-21-17-37(38,39)24-27-13-8-9-16-31(27)43/h2-9,11-16,23,32,40H,1,10,17-22,24H2,(H,41,44). The number of carbonyl (C=O) groups is 3. The number of benzene rings is 3. The molecule has 1 unspecified atom stereocenters. The molecule has 3 amide bonds. The monoisotopic (exact) mass is 622 g/mol. The molecule has 2 heterocycles. The second-order valence-corrected chi connectivity index (χ2v) is 11.8. The third-order valence-electron chi connectivity index (χ3n) is 8.73. The van der Waals surface area contributed by atoms with Crippen LogP contribution < -0.4 is 15.5 Å². The van der Waals surface area contributed by atoms with E-state index in [1.54, 1.807) is 77.7 Å². The normalized spacial score (nSPS) is 19.8. The maximum atomic E-state index is 14.9. The maximum Gasteiger partial charge on any atom is 0.256 e. The number of alkyl halides is 2. The predicted octanol–water partition coefficient (Wildman–Crippen LogP) is 5.63. The van der Waals surface area contributed by atoms with E-state index < -0.39 is 36.5 Å². The molecule has 1 aliphatic carbocycles. The van der Waals surface area contributed by atoms with Crippen LogP contribution in [-0.4, -0.2) is 61.3 Å². The average molecular weight is 623 g/mol. The molecule has 0 bridgehead atoms. The number of carbonyl (C=O) groups excluding carboxylic acids is 3. The number of rotatable bonds is 5. The number of hydrogen-bond acceptors (Lipinski definition) is 4. The lowest BCUT2D eigenvalue weighted by Gasteiger charge is -2.35. The lowest BCUT2D eigenvalue weighted by Crippen LogP contribution is -2.43. The van der Waals surface area contributed by atoms with Crippen molar-refractivity contribution in [3.63, 3.8) is 0 Å². The van der Waals surface area contributed by atoms with Crippen LogP contribution in [0, 0.1) is 5.92 Å². The summed E-state index contributed by atoms with van der Waals surface area (Å²) in [6.07, 6.45) is 1.27. The van der Waals surface area contributed by atoms with Gasteiger partial charge in [-0.25, -0.2) is 8.78 Å². The van der Waals surface area contributed by atoms with Gasteiger partial charge in [0.1, 0.15) is 0 Å². The second-order valence-electron chi connectivity index (χ2n) is 11.8. The summed E-state index contributed by atoms with van der Waals surface area (Å²) in [7, 11) is 0. The fraction of sp³-hybridized carbons (Fsp3) is 0.270. The molecule has 46 heavy (non-hydrogen) atoms. The van der Waals surface area contributed by atoms with Crippen molar-refractivity contribution in [3.05, 3.63) is 125 Å². The van der Waals surface area contributed by atoms with Gasteiger partial charge in [0, 0.05) is 61.5 Å². The highest BCUT2D eigenvalue weighted by Gasteiger charge is 2.43. The Morgan fingerprint density at radius 1 is 0.870 bits per heavy atom. The Kier molecular flexibility index (Phi) is 8.94. The molecule has 236 valence electrons. The Bertz CT molecular complexity index is 1710. The molecule has 7 nitrogen and oxygen atoms in total. The quantitative estimate of drug-likeness (QED) is 0.387. The largest absolute Gasteiger partial charge is 0.337 e. The number of para-hydroxylation sites is 2. The summed E-state index contributed by atoms with van der Waals surface area (Å²) in [5.74, 6) is -5.54. The number of halogens is 2. The second kappa shape index (κ2) is 13.2. The average Bonchev–Trinajstić information content (AvgIpc) is 3.42. The Hall–Kier alpha value is -4.89. The van der Waals surface area contributed by atoms with Crippen molar-refractivity contribution in [2.45, 2.75) is 25.2 Å². The van der Waals surface area contributed by atoms with E-state index in [1.165, 1.54) is 11.0 Å². The molecule has 0 spiro atoms. The zero-order valence-electron chi connectivity index (χ0n) is 25.5. The van der Waals surface area contributed by atoms with E-state index in [9.17, 15) is 23.2 Å². The van der Waals surface area contributed by atoms with Gasteiger partial charge in [-0.15, -0.1) is 0 Å². The fourth-order valence-corrected chi connectivity index (χ4v) is 6.41. The van der Waals surface area contributed by atoms with Crippen LogP contribution in [0.15, 0.2) is 114 Å². The van der Waals surface area contributed by atoms with E-state index in [2.05, 4.69) is 17.2 Å². The maximum absolute atomic E-state index is 14.9. The number of nitrogens with zero attached hydrogens (tertiary/aromatic N) is 2. The number of fused-ring (bicyclic) bond motifs is 1. The zero-order chi connectivity index (χ0) is 32.3. The van der Waals surface area contributed by atoms with E-state index in [4.69, 9.17) is 0 Å². The van der Waals surface area contributed by atoms with Gasteiger partial charge in [0.2, 0.25) is 5.91 Å². The van der Waals surface area contributed by atoms with Crippen molar-refractivity contribution >= 4 is 34.7 Å². The highest BCUT2D eigenvalue weighted by molar-refractivity contribution is 6.19. The molecule has 6 rings (SSSR count). The Labute approximate surface area is 267 Å². The van der Waals surface area contributed by atoms with Crippen molar-refractivity contribution in [2.24, 2.45) is 5.92 Å². The molecule has 0 saturated carbocycles. The van der Waals surface area contributed by atoms with E-state index in [0.29, 0.717) is 47.7 Å². The minimum absolute atomic E-state index is 0.144. The lowest BCUT2D eigenvalue weighted by molar-refractivity contribution is -0.126. The number of anilines is 2. The van der Waals surface area contributed by atoms with Crippen molar-refractivity contribution in [1.82, 2.24) is 10.2 Å². The first-order chi connectivity index (χ1) is 22.2. The molecule has 3 aliphatic rings. The summed E-state index contributed by atoms with van der Waals surface area (Å²) in [6, 6.07) is 24.6. The van der Waals surface area contributed by atoms with E-state index in [0.717, 1.165) is 13.0 Å². The summed E-state index contributed by atoms with van der Waals surface area (Å²) >= 11 is 0.